The van der Waals surface area contributed by atoms with Crippen LogP contribution in [0, 0.1) is 19.8 Å². The monoisotopic (exact) mass is 422 g/mol. The summed E-state index contributed by atoms with van der Waals surface area (Å²) in [5, 5.41) is 9.07. The Morgan fingerprint density at radius 2 is 2.00 bits per heavy atom. The molecule has 0 spiro atoms. The van der Waals surface area contributed by atoms with Crippen molar-refractivity contribution in [2.75, 3.05) is 5.73 Å². The van der Waals surface area contributed by atoms with E-state index in [-0.39, 0.29) is 0 Å². The Hall–Kier alpha value is -3.33. The minimum absolute atomic E-state index is 0.293. The molecule has 0 unspecified atom stereocenters. The number of fused-ring (bicyclic) bond motifs is 1. The van der Waals surface area contributed by atoms with Crippen molar-refractivity contribution in [3.05, 3.63) is 41.2 Å². The molecule has 0 atom stereocenters. The zero-order valence-electron chi connectivity index (χ0n) is 17.2. The average molecular weight is 423 g/mol. The Morgan fingerprint density at radius 3 is 2.60 bits per heavy atom. The smallest absolute Gasteiger partial charge is 0.251 e. The van der Waals surface area contributed by atoms with E-state index in [9.17, 15) is 4.79 Å². The highest BCUT2D eigenvalue weighted by Crippen LogP contribution is 2.43. The van der Waals surface area contributed by atoms with Gasteiger partial charge in [0, 0.05) is 23.6 Å². The van der Waals surface area contributed by atoms with E-state index in [1.165, 1.54) is 11.3 Å². The molecule has 0 aliphatic rings. The van der Waals surface area contributed by atoms with Gasteiger partial charge in [0.05, 0.1) is 27.2 Å². The van der Waals surface area contributed by atoms with Gasteiger partial charge in [-0.15, -0.1) is 21.5 Å². The standard InChI is InChI=1S/C21H22N6O2S/c1-9(2)7-13-16(20(23)28)17(14-8-12-5-6-24-19(22)18(12)30-14)15(10(3)25-13)21-27-26-11(4)29-21/h5-6,8-9H,7H2,1-4H3,(H2,22,24)(H2,23,28). The van der Waals surface area contributed by atoms with Crippen LogP contribution in [0.3, 0.4) is 0 Å². The first kappa shape index (κ1) is 20.0. The Morgan fingerprint density at radius 1 is 1.23 bits per heavy atom. The van der Waals surface area contributed by atoms with Crippen LogP contribution in [0.1, 0.15) is 41.5 Å². The highest BCUT2D eigenvalue weighted by Gasteiger charge is 2.28. The second-order valence-electron chi connectivity index (χ2n) is 7.58. The van der Waals surface area contributed by atoms with Gasteiger partial charge in [0.1, 0.15) is 5.82 Å². The van der Waals surface area contributed by atoms with E-state index in [0.29, 0.717) is 58.0 Å². The quantitative estimate of drug-likeness (QED) is 0.498. The number of aryl methyl sites for hydroxylation is 2. The largest absolute Gasteiger partial charge is 0.421 e. The van der Waals surface area contributed by atoms with Gasteiger partial charge >= 0.3 is 0 Å². The fourth-order valence-electron chi connectivity index (χ4n) is 3.58. The van der Waals surface area contributed by atoms with Crippen LogP contribution in [-0.2, 0) is 6.42 Å². The number of aromatic nitrogens is 4. The summed E-state index contributed by atoms with van der Waals surface area (Å²) in [7, 11) is 0. The molecule has 9 heteroatoms. The topological polar surface area (TPSA) is 134 Å². The van der Waals surface area contributed by atoms with Crippen molar-refractivity contribution in [2.24, 2.45) is 11.7 Å². The third-order valence-electron chi connectivity index (χ3n) is 4.75. The number of amides is 1. The Balaban J connectivity index is 2.12. The fraction of sp³-hybridized carbons (Fsp3) is 0.286. The number of nitrogens with two attached hydrogens (primary N) is 2. The predicted octanol–water partition coefficient (Wildman–Crippen LogP) is 3.90. The maximum atomic E-state index is 12.7. The van der Waals surface area contributed by atoms with E-state index in [4.69, 9.17) is 20.9 Å². The molecule has 0 saturated carbocycles. The second-order valence-corrected chi connectivity index (χ2v) is 8.63. The van der Waals surface area contributed by atoms with Crippen molar-refractivity contribution in [1.29, 1.82) is 0 Å². The molecule has 0 bridgehead atoms. The predicted molar refractivity (Wildman–Crippen MR) is 117 cm³/mol. The van der Waals surface area contributed by atoms with Gasteiger partial charge < -0.3 is 15.9 Å². The van der Waals surface area contributed by atoms with Crippen LogP contribution >= 0.6 is 11.3 Å². The van der Waals surface area contributed by atoms with E-state index in [1.807, 2.05) is 19.1 Å². The number of rotatable bonds is 5. The molecule has 0 saturated heterocycles. The highest BCUT2D eigenvalue weighted by molar-refractivity contribution is 7.22. The first-order chi connectivity index (χ1) is 14.3. The zero-order chi connectivity index (χ0) is 21.6. The lowest BCUT2D eigenvalue weighted by atomic mass is 9.93. The molecule has 0 radical (unpaired) electrons. The number of thiophene rings is 1. The first-order valence-electron chi connectivity index (χ1n) is 9.54. The minimum atomic E-state index is -0.547. The van der Waals surface area contributed by atoms with Crippen molar-refractivity contribution in [3.8, 4) is 21.9 Å². The summed E-state index contributed by atoms with van der Waals surface area (Å²) in [5.41, 5.74) is 14.9. The van der Waals surface area contributed by atoms with Crippen molar-refractivity contribution in [3.63, 3.8) is 0 Å². The molecule has 0 aliphatic carbocycles. The molecule has 154 valence electrons. The third kappa shape index (κ3) is 3.41. The average Bonchev–Trinajstić information content (AvgIpc) is 3.27. The first-order valence-corrected chi connectivity index (χ1v) is 10.4. The summed E-state index contributed by atoms with van der Waals surface area (Å²) in [6.07, 6.45) is 2.28. The lowest BCUT2D eigenvalue weighted by molar-refractivity contribution is 0.0999. The Labute approximate surface area is 177 Å². The van der Waals surface area contributed by atoms with Gasteiger partial charge in [0.25, 0.3) is 5.91 Å². The zero-order valence-corrected chi connectivity index (χ0v) is 18.0. The third-order valence-corrected chi connectivity index (χ3v) is 5.94. The Kier molecular flexibility index (Phi) is 4.98. The summed E-state index contributed by atoms with van der Waals surface area (Å²) in [4.78, 5) is 22.4. The number of hydrogen-bond acceptors (Lipinski definition) is 8. The van der Waals surface area contributed by atoms with Crippen LogP contribution in [-0.4, -0.2) is 26.1 Å². The summed E-state index contributed by atoms with van der Waals surface area (Å²) in [6.45, 7) is 7.73. The second kappa shape index (κ2) is 7.49. The molecule has 4 aromatic rings. The lowest BCUT2D eigenvalue weighted by Gasteiger charge is -2.17. The molecular weight excluding hydrogens is 400 g/mol. The molecule has 30 heavy (non-hydrogen) atoms. The van der Waals surface area contributed by atoms with E-state index in [2.05, 4.69) is 29.0 Å². The van der Waals surface area contributed by atoms with Crippen LogP contribution in [0.15, 0.2) is 22.7 Å². The lowest BCUT2D eigenvalue weighted by Crippen LogP contribution is -2.19. The number of anilines is 1. The van der Waals surface area contributed by atoms with Gasteiger partial charge in [-0.3, -0.25) is 9.78 Å². The maximum absolute atomic E-state index is 12.7. The summed E-state index contributed by atoms with van der Waals surface area (Å²) in [6, 6.07) is 3.86. The fourth-order valence-corrected chi connectivity index (χ4v) is 4.69. The van der Waals surface area contributed by atoms with Gasteiger partial charge in [-0.2, -0.15) is 0 Å². The number of carbonyl (C=O) groups is 1. The van der Waals surface area contributed by atoms with Crippen LogP contribution in [0.2, 0.25) is 0 Å². The van der Waals surface area contributed by atoms with Crippen LogP contribution in [0.5, 0.6) is 0 Å². The van der Waals surface area contributed by atoms with Crippen molar-refractivity contribution in [1.82, 2.24) is 20.2 Å². The molecule has 4 heterocycles. The van der Waals surface area contributed by atoms with Crippen molar-refractivity contribution in [2.45, 2.75) is 34.1 Å². The number of nitrogen functional groups attached to an aromatic ring is 1. The van der Waals surface area contributed by atoms with E-state index >= 15 is 0 Å². The number of pyridine rings is 2. The summed E-state index contributed by atoms with van der Waals surface area (Å²) in [5.74, 6) is 0.908. The normalized spacial score (nSPS) is 11.5. The molecule has 0 fully saturated rings. The minimum Gasteiger partial charge on any atom is -0.421 e. The number of nitrogens with zero attached hydrogens (tertiary/aromatic N) is 4. The molecule has 0 aromatic carbocycles. The summed E-state index contributed by atoms with van der Waals surface area (Å²) >= 11 is 1.45. The van der Waals surface area contributed by atoms with Crippen molar-refractivity contribution >= 4 is 33.1 Å². The summed E-state index contributed by atoms with van der Waals surface area (Å²) < 4.78 is 6.56. The molecule has 1 amide bonds. The number of hydrogen-bond donors (Lipinski definition) is 2. The van der Waals surface area contributed by atoms with Gasteiger partial charge in [-0.05, 0) is 36.8 Å². The molecule has 0 aliphatic heterocycles. The SMILES string of the molecule is Cc1nnc(-c2c(C)nc(CC(C)C)c(C(N)=O)c2-c2cc3ccnc(N)c3s2)o1. The van der Waals surface area contributed by atoms with Crippen LogP contribution in [0.4, 0.5) is 5.82 Å². The number of carbonyl (C=O) groups excluding carboxylic acids is 1. The van der Waals surface area contributed by atoms with Crippen molar-refractivity contribution < 1.29 is 9.21 Å². The van der Waals surface area contributed by atoms with Gasteiger partial charge in [-0.25, -0.2) is 4.98 Å². The van der Waals surface area contributed by atoms with Gasteiger partial charge in [0.15, 0.2) is 0 Å². The molecule has 4 rings (SSSR count). The molecule has 8 nitrogen and oxygen atoms in total. The van der Waals surface area contributed by atoms with E-state index in [1.54, 1.807) is 13.1 Å². The van der Waals surface area contributed by atoms with Gasteiger partial charge in [-0.1, -0.05) is 13.8 Å². The molecule has 4 N–H and O–H groups in total. The van der Waals surface area contributed by atoms with E-state index in [0.717, 1.165) is 15.0 Å². The van der Waals surface area contributed by atoms with Crippen LogP contribution < -0.4 is 11.5 Å². The Bertz CT molecular complexity index is 1270. The maximum Gasteiger partial charge on any atom is 0.251 e. The highest BCUT2D eigenvalue weighted by atomic mass is 32.1. The van der Waals surface area contributed by atoms with Crippen LogP contribution in [0.25, 0.3) is 32.0 Å². The molecular formula is C21H22N6O2S. The van der Waals surface area contributed by atoms with Gasteiger partial charge in [0.2, 0.25) is 11.8 Å². The number of primary amides is 1. The van der Waals surface area contributed by atoms with E-state index < -0.39 is 5.91 Å². The molecule has 4 aromatic heterocycles.